The van der Waals surface area contributed by atoms with Crippen LogP contribution in [0.2, 0.25) is 0 Å². The van der Waals surface area contributed by atoms with Crippen molar-refractivity contribution in [3.05, 3.63) is 65.9 Å². The van der Waals surface area contributed by atoms with E-state index in [0.29, 0.717) is 0 Å². The standard InChI is InChI=1S/C16H11NO/c1-2-6-14-11(4-1)7-8-12-10-13-5-3-9-17-16(13)18-15(12)14/h1-9H,10H2. The van der Waals surface area contributed by atoms with E-state index in [0.717, 1.165) is 29.0 Å². The Labute approximate surface area is 105 Å². The second-order valence-electron chi connectivity index (χ2n) is 4.52. The monoisotopic (exact) mass is 233 g/mol. The first-order valence-electron chi connectivity index (χ1n) is 6.04. The van der Waals surface area contributed by atoms with Gasteiger partial charge < -0.3 is 4.74 Å². The molecule has 2 heterocycles. The Hall–Kier alpha value is -2.35. The SMILES string of the molecule is c1cnc2c(c1)Cc1ccc3ccccc3c1O2. The second kappa shape index (κ2) is 3.57. The molecule has 0 saturated heterocycles. The Morgan fingerprint density at radius 3 is 2.83 bits per heavy atom. The Bertz CT molecular complexity index is 749. The number of nitrogens with zero attached hydrogens (tertiary/aromatic N) is 1. The Morgan fingerprint density at radius 1 is 0.889 bits per heavy atom. The van der Waals surface area contributed by atoms with Gasteiger partial charge in [0.15, 0.2) is 0 Å². The van der Waals surface area contributed by atoms with E-state index in [4.69, 9.17) is 4.74 Å². The highest BCUT2D eigenvalue weighted by atomic mass is 16.5. The molecule has 2 heteroatoms. The molecule has 0 atom stereocenters. The fourth-order valence-electron chi connectivity index (χ4n) is 2.50. The Balaban J connectivity index is 1.98. The lowest BCUT2D eigenvalue weighted by Gasteiger charge is -2.20. The second-order valence-corrected chi connectivity index (χ2v) is 4.52. The number of fused-ring (bicyclic) bond motifs is 4. The van der Waals surface area contributed by atoms with Gasteiger partial charge in [0.2, 0.25) is 5.88 Å². The first-order valence-corrected chi connectivity index (χ1v) is 6.04. The van der Waals surface area contributed by atoms with Crippen LogP contribution in [-0.2, 0) is 6.42 Å². The third-order valence-electron chi connectivity index (χ3n) is 3.39. The molecule has 0 N–H and O–H groups in total. The van der Waals surface area contributed by atoms with Gasteiger partial charge in [0.05, 0.1) is 0 Å². The molecule has 0 aliphatic carbocycles. The van der Waals surface area contributed by atoms with Crippen LogP contribution in [0.15, 0.2) is 54.7 Å². The van der Waals surface area contributed by atoms with Crippen molar-refractivity contribution in [3.8, 4) is 11.6 Å². The molecule has 1 aromatic heterocycles. The van der Waals surface area contributed by atoms with Gasteiger partial charge in [0.25, 0.3) is 0 Å². The summed E-state index contributed by atoms with van der Waals surface area (Å²) < 4.78 is 5.98. The third kappa shape index (κ3) is 1.32. The van der Waals surface area contributed by atoms with Gasteiger partial charge in [-0.05, 0) is 11.5 Å². The van der Waals surface area contributed by atoms with E-state index < -0.39 is 0 Å². The molecule has 2 nitrogen and oxygen atoms in total. The van der Waals surface area contributed by atoms with Crippen LogP contribution in [-0.4, -0.2) is 4.98 Å². The van der Waals surface area contributed by atoms with Crippen LogP contribution >= 0.6 is 0 Å². The normalized spacial score (nSPS) is 12.7. The van der Waals surface area contributed by atoms with E-state index in [-0.39, 0.29) is 0 Å². The summed E-state index contributed by atoms with van der Waals surface area (Å²) in [6.07, 6.45) is 2.66. The van der Waals surface area contributed by atoms with E-state index in [1.54, 1.807) is 6.20 Å². The molecule has 0 spiro atoms. The average Bonchev–Trinajstić information content (AvgIpc) is 2.45. The lowest BCUT2D eigenvalue weighted by Crippen LogP contribution is -2.04. The molecule has 0 unspecified atom stereocenters. The first-order chi connectivity index (χ1) is 8.92. The van der Waals surface area contributed by atoms with Crippen molar-refractivity contribution in [1.29, 1.82) is 0 Å². The molecule has 4 rings (SSSR count). The van der Waals surface area contributed by atoms with Crippen LogP contribution in [0.3, 0.4) is 0 Å². The molecule has 1 aliphatic rings. The minimum absolute atomic E-state index is 0.737. The van der Waals surface area contributed by atoms with E-state index >= 15 is 0 Å². The van der Waals surface area contributed by atoms with E-state index in [1.807, 2.05) is 18.2 Å². The molecular weight excluding hydrogens is 222 g/mol. The number of pyridine rings is 1. The summed E-state index contributed by atoms with van der Waals surface area (Å²) in [5.74, 6) is 1.70. The fourth-order valence-corrected chi connectivity index (χ4v) is 2.50. The first kappa shape index (κ1) is 9.66. The number of hydrogen-bond acceptors (Lipinski definition) is 2. The van der Waals surface area contributed by atoms with Crippen LogP contribution in [0.1, 0.15) is 11.1 Å². The van der Waals surface area contributed by atoms with E-state index in [1.165, 1.54) is 10.9 Å². The quantitative estimate of drug-likeness (QED) is 0.459. The molecule has 18 heavy (non-hydrogen) atoms. The van der Waals surface area contributed by atoms with Gasteiger partial charge in [0, 0.05) is 29.1 Å². The fraction of sp³-hybridized carbons (Fsp3) is 0.0625. The number of benzene rings is 2. The maximum atomic E-state index is 5.98. The third-order valence-corrected chi connectivity index (χ3v) is 3.39. The zero-order valence-corrected chi connectivity index (χ0v) is 9.76. The van der Waals surface area contributed by atoms with Gasteiger partial charge >= 0.3 is 0 Å². The highest BCUT2D eigenvalue weighted by Crippen LogP contribution is 2.39. The summed E-state index contributed by atoms with van der Waals surface area (Å²) in [7, 11) is 0. The van der Waals surface area contributed by atoms with Crippen molar-refractivity contribution in [2.75, 3.05) is 0 Å². The van der Waals surface area contributed by atoms with Crippen LogP contribution in [0, 0.1) is 0 Å². The predicted molar refractivity (Wildman–Crippen MR) is 71.1 cm³/mol. The lowest BCUT2D eigenvalue weighted by molar-refractivity contribution is 0.446. The van der Waals surface area contributed by atoms with Crippen molar-refractivity contribution in [3.63, 3.8) is 0 Å². The molecule has 2 aromatic carbocycles. The topological polar surface area (TPSA) is 22.1 Å². The van der Waals surface area contributed by atoms with Crippen LogP contribution in [0.5, 0.6) is 11.6 Å². The zero-order valence-electron chi connectivity index (χ0n) is 9.76. The summed E-state index contributed by atoms with van der Waals surface area (Å²) in [5, 5.41) is 2.36. The van der Waals surface area contributed by atoms with Crippen LogP contribution in [0.25, 0.3) is 10.8 Å². The van der Waals surface area contributed by atoms with E-state index in [9.17, 15) is 0 Å². The van der Waals surface area contributed by atoms with Crippen LogP contribution in [0.4, 0.5) is 0 Å². The summed E-state index contributed by atoms with van der Waals surface area (Å²) >= 11 is 0. The molecule has 1 aliphatic heterocycles. The molecule has 0 saturated carbocycles. The molecular formula is C16H11NO. The van der Waals surface area contributed by atoms with Gasteiger partial charge in [-0.1, -0.05) is 42.5 Å². The average molecular weight is 233 g/mol. The number of ether oxygens (including phenoxy) is 1. The highest BCUT2D eigenvalue weighted by molar-refractivity contribution is 5.90. The largest absolute Gasteiger partial charge is 0.438 e. The molecule has 0 amide bonds. The minimum Gasteiger partial charge on any atom is -0.438 e. The molecule has 0 fully saturated rings. The maximum absolute atomic E-state index is 5.98. The smallest absolute Gasteiger partial charge is 0.222 e. The Morgan fingerprint density at radius 2 is 1.83 bits per heavy atom. The molecule has 0 radical (unpaired) electrons. The van der Waals surface area contributed by atoms with Gasteiger partial charge in [-0.3, -0.25) is 0 Å². The number of hydrogen-bond donors (Lipinski definition) is 0. The van der Waals surface area contributed by atoms with Crippen molar-refractivity contribution < 1.29 is 4.74 Å². The number of aromatic nitrogens is 1. The Kier molecular flexibility index (Phi) is 1.92. The molecule has 0 bridgehead atoms. The minimum atomic E-state index is 0.737. The van der Waals surface area contributed by atoms with Gasteiger partial charge in [-0.25, -0.2) is 4.98 Å². The summed E-state index contributed by atoms with van der Waals surface area (Å²) in [4.78, 5) is 4.30. The summed E-state index contributed by atoms with van der Waals surface area (Å²) in [5.41, 5.74) is 2.38. The van der Waals surface area contributed by atoms with Crippen molar-refractivity contribution in [2.45, 2.75) is 6.42 Å². The van der Waals surface area contributed by atoms with Gasteiger partial charge in [0.1, 0.15) is 5.75 Å². The number of rotatable bonds is 0. The highest BCUT2D eigenvalue weighted by Gasteiger charge is 2.19. The molecule has 86 valence electrons. The van der Waals surface area contributed by atoms with Gasteiger partial charge in [-0.2, -0.15) is 0 Å². The summed E-state index contributed by atoms with van der Waals surface area (Å²) in [6.45, 7) is 0. The predicted octanol–water partition coefficient (Wildman–Crippen LogP) is 3.93. The lowest BCUT2D eigenvalue weighted by atomic mass is 9.98. The van der Waals surface area contributed by atoms with Crippen molar-refractivity contribution in [1.82, 2.24) is 4.98 Å². The van der Waals surface area contributed by atoms with E-state index in [2.05, 4.69) is 35.3 Å². The zero-order chi connectivity index (χ0) is 11.9. The maximum Gasteiger partial charge on any atom is 0.222 e. The van der Waals surface area contributed by atoms with Crippen LogP contribution < -0.4 is 4.74 Å². The van der Waals surface area contributed by atoms with Gasteiger partial charge in [-0.15, -0.1) is 0 Å². The summed E-state index contributed by atoms with van der Waals surface area (Å²) in [6, 6.07) is 16.6. The molecule has 3 aromatic rings. The van der Waals surface area contributed by atoms with Crippen molar-refractivity contribution >= 4 is 10.8 Å². The van der Waals surface area contributed by atoms with Crippen molar-refractivity contribution in [2.24, 2.45) is 0 Å².